The fourth-order valence-electron chi connectivity index (χ4n) is 8.94. The number of benzene rings is 2. The van der Waals surface area contributed by atoms with Gasteiger partial charge in [0.2, 0.25) is 0 Å². The molecule has 4 fully saturated rings. The van der Waals surface area contributed by atoms with Crippen molar-refractivity contribution >= 4 is 24.1 Å². The van der Waals surface area contributed by atoms with Crippen molar-refractivity contribution in [1.82, 2.24) is 21.3 Å². The van der Waals surface area contributed by atoms with Gasteiger partial charge < -0.3 is 31.1 Å². The van der Waals surface area contributed by atoms with Crippen molar-refractivity contribution in [3.63, 3.8) is 0 Å². The summed E-state index contributed by atoms with van der Waals surface area (Å²) in [4.78, 5) is 23.7. The molecule has 332 valence electrons. The minimum absolute atomic E-state index is 0.122. The van der Waals surface area contributed by atoms with Crippen molar-refractivity contribution in [2.24, 2.45) is 22.7 Å². The van der Waals surface area contributed by atoms with Crippen LogP contribution in [0.25, 0.3) is 12.2 Å². The minimum Gasteiger partial charge on any atom is -0.481 e. The predicted molar refractivity (Wildman–Crippen MR) is 249 cm³/mol. The number of esters is 1. The van der Waals surface area contributed by atoms with Gasteiger partial charge in [-0.15, -0.1) is 0 Å². The van der Waals surface area contributed by atoms with Gasteiger partial charge in [0.1, 0.15) is 5.60 Å². The highest BCUT2D eigenvalue weighted by molar-refractivity contribution is 5.76. The third-order valence-electron chi connectivity index (χ3n) is 13.2. The summed E-state index contributed by atoms with van der Waals surface area (Å²) in [6.45, 7) is 19.1. The Labute approximate surface area is 363 Å². The zero-order valence-electron chi connectivity index (χ0n) is 38.6. The SMILES string of the molecule is CC/C(=C\c1ccccc1)[C@@H]1C[C@H]1NC1CCC(NCC(C)(C)C(=O)O)CC1.CC/C(=C\c1ccccc1)[C@@H]1C[C@H]1NC1CCC(NCC(C)(C)C(=O)OC(C)(C)C)CC1. The van der Waals surface area contributed by atoms with Crippen LogP contribution in [-0.2, 0) is 14.3 Å². The molecule has 0 saturated heterocycles. The van der Waals surface area contributed by atoms with E-state index in [2.05, 4.69) is 108 Å². The molecule has 0 aliphatic heterocycles. The molecule has 8 heteroatoms. The first kappa shape index (κ1) is 47.7. The van der Waals surface area contributed by atoms with Gasteiger partial charge in [0.15, 0.2) is 0 Å². The van der Waals surface area contributed by atoms with Crippen molar-refractivity contribution in [3.05, 3.63) is 82.9 Å². The predicted octanol–water partition coefficient (Wildman–Crippen LogP) is 10.2. The maximum atomic E-state index is 12.5. The molecule has 60 heavy (non-hydrogen) atoms. The lowest BCUT2D eigenvalue weighted by molar-refractivity contribution is -0.165. The molecule has 4 saturated carbocycles. The van der Waals surface area contributed by atoms with Crippen LogP contribution in [0, 0.1) is 22.7 Å². The molecule has 0 unspecified atom stereocenters. The number of carbonyl (C=O) groups excluding carboxylic acids is 1. The van der Waals surface area contributed by atoms with Crippen molar-refractivity contribution < 1.29 is 19.4 Å². The van der Waals surface area contributed by atoms with Gasteiger partial charge in [-0.25, -0.2) is 0 Å². The van der Waals surface area contributed by atoms with E-state index in [0.29, 0.717) is 61.2 Å². The lowest BCUT2D eigenvalue weighted by Crippen LogP contribution is -2.46. The monoisotopic (exact) mass is 825 g/mol. The molecule has 0 aromatic heterocycles. The number of ether oxygens (including phenoxy) is 1. The number of nitrogens with one attached hydrogen (secondary N) is 4. The Hall–Kier alpha value is -3.30. The average Bonchev–Trinajstić information content (AvgIpc) is 4.16. The van der Waals surface area contributed by atoms with Gasteiger partial charge in [0.05, 0.1) is 10.8 Å². The number of rotatable bonds is 18. The van der Waals surface area contributed by atoms with Crippen LogP contribution in [0.1, 0.15) is 150 Å². The molecule has 4 atom stereocenters. The van der Waals surface area contributed by atoms with Gasteiger partial charge in [-0.3, -0.25) is 9.59 Å². The Morgan fingerprint density at radius 2 is 0.967 bits per heavy atom. The topological polar surface area (TPSA) is 112 Å². The highest BCUT2D eigenvalue weighted by Crippen LogP contribution is 2.42. The van der Waals surface area contributed by atoms with Crippen molar-refractivity contribution in [2.75, 3.05) is 13.1 Å². The molecule has 0 spiro atoms. The quantitative estimate of drug-likeness (QED) is 0.0946. The van der Waals surface area contributed by atoms with E-state index in [1.807, 2.05) is 34.6 Å². The van der Waals surface area contributed by atoms with E-state index in [1.165, 1.54) is 62.5 Å². The van der Waals surface area contributed by atoms with Crippen molar-refractivity contribution in [1.29, 1.82) is 0 Å². The summed E-state index contributed by atoms with van der Waals surface area (Å²) in [7, 11) is 0. The van der Waals surface area contributed by atoms with Crippen LogP contribution < -0.4 is 21.3 Å². The standard InChI is InChI=1S/C28H44N2O2.C24H36N2O2/c1-7-21(17-20-11-9-8-10-12-20)24-18-25(24)30-23-15-13-22(14-16-23)29-19-28(5,6)26(31)32-27(2,3)4;1-4-18(14-17-8-6-5-7-9-17)21-15-22(21)26-20-12-10-19(11-13-20)25-16-24(2,3)23(27)28/h8-12,17,22-25,29-30H,7,13-16,18-19H2,1-6H3;5-9,14,19-22,25-26H,4,10-13,15-16H2,1-3H3,(H,27,28)/b21-17+;18-14+/t22?,23?,24-,25+;19?,20?,21-,22+/m00/s1. The molecular formula is C52H80N4O4. The molecule has 6 rings (SSSR count). The van der Waals surface area contributed by atoms with E-state index in [1.54, 1.807) is 25.0 Å². The highest BCUT2D eigenvalue weighted by Gasteiger charge is 2.42. The summed E-state index contributed by atoms with van der Waals surface area (Å²) in [6, 6.07) is 24.8. The van der Waals surface area contributed by atoms with Gasteiger partial charge in [0.25, 0.3) is 0 Å². The number of hydrogen-bond acceptors (Lipinski definition) is 7. The summed E-state index contributed by atoms with van der Waals surface area (Å²) < 4.78 is 5.59. The Morgan fingerprint density at radius 1 is 0.600 bits per heavy atom. The van der Waals surface area contributed by atoms with Gasteiger partial charge in [0, 0.05) is 49.3 Å². The second kappa shape index (κ2) is 21.7. The molecule has 5 N–H and O–H groups in total. The van der Waals surface area contributed by atoms with Crippen LogP contribution in [0.2, 0.25) is 0 Å². The van der Waals surface area contributed by atoms with Crippen molar-refractivity contribution in [3.8, 4) is 0 Å². The zero-order valence-corrected chi connectivity index (χ0v) is 38.6. The number of aliphatic carboxylic acids is 1. The van der Waals surface area contributed by atoms with E-state index in [9.17, 15) is 14.7 Å². The summed E-state index contributed by atoms with van der Waals surface area (Å²) in [6.07, 6.45) is 18.9. The average molecular weight is 825 g/mol. The molecule has 0 bridgehead atoms. The van der Waals surface area contributed by atoms with E-state index in [-0.39, 0.29) is 5.97 Å². The summed E-state index contributed by atoms with van der Waals surface area (Å²) in [5.41, 5.74) is 4.12. The highest BCUT2D eigenvalue weighted by atomic mass is 16.6. The Balaban J connectivity index is 0.000000230. The van der Waals surface area contributed by atoms with Crippen LogP contribution in [-0.4, -0.2) is 72.0 Å². The van der Waals surface area contributed by atoms with E-state index in [4.69, 9.17) is 4.74 Å². The first-order valence-corrected chi connectivity index (χ1v) is 23.4. The summed E-state index contributed by atoms with van der Waals surface area (Å²) >= 11 is 0. The zero-order chi connectivity index (χ0) is 43.5. The smallest absolute Gasteiger partial charge is 0.313 e. The molecule has 0 heterocycles. The van der Waals surface area contributed by atoms with Gasteiger partial charge in [-0.2, -0.15) is 0 Å². The van der Waals surface area contributed by atoms with Crippen LogP contribution in [0.15, 0.2) is 71.8 Å². The second-order valence-electron chi connectivity index (χ2n) is 20.6. The second-order valence-corrected chi connectivity index (χ2v) is 20.6. The summed E-state index contributed by atoms with van der Waals surface area (Å²) in [5, 5.41) is 24.2. The van der Waals surface area contributed by atoms with Gasteiger partial charge in [-0.1, -0.05) is 97.8 Å². The first-order valence-electron chi connectivity index (χ1n) is 23.4. The van der Waals surface area contributed by atoms with E-state index in [0.717, 1.165) is 25.7 Å². The van der Waals surface area contributed by atoms with Crippen LogP contribution in [0.3, 0.4) is 0 Å². The van der Waals surface area contributed by atoms with Gasteiger partial charge in [-0.05, 0) is 148 Å². The maximum absolute atomic E-state index is 12.5. The normalized spacial score (nSPS) is 27.4. The largest absolute Gasteiger partial charge is 0.481 e. The molecule has 2 aromatic rings. The number of carbonyl (C=O) groups is 2. The molecule has 8 nitrogen and oxygen atoms in total. The minimum atomic E-state index is -0.731. The first-order chi connectivity index (χ1) is 28.5. The lowest BCUT2D eigenvalue weighted by atomic mass is 9.88. The Kier molecular flexibility index (Phi) is 17.2. The van der Waals surface area contributed by atoms with Crippen LogP contribution >= 0.6 is 0 Å². The third-order valence-corrected chi connectivity index (χ3v) is 13.2. The molecule has 0 radical (unpaired) electrons. The molecule has 2 aromatic carbocycles. The van der Waals surface area contributed by atoms with Crippen LogP contribution in [0.4, 0.5) is 0 Å². The van der Waals surface area contributed by atoms with Crippen LogP contribution in [0.5, 0.6) is 0 Å². The van der Waals surface area contributed by atoms with E-state index < -0.39 is 22.4 Å². The Bertz CT molecular complexity index is 1700. The molecular weight excluding hydrogens is 745 g/mol. The molecule has 0 amide bonds. The van der Waals surface area contributed by atoms with Gasteiger partial charge >= 0.3 is 11.9 Å². The summed E-state index contributed by atoms with van der Waals surface area (Å²) in [5.74, 6) is 0.538. The fourth-order valence-corrected chi connectivity index (χ4v) is 8.94. The lowest BCUT2D eigenvalue weighted by Gasteiger charge is -2.33. The number of hydrogen-bond donors (Lipinski definition) is 5. The number of carboxylic acid groups (broad SMARTS) is 1. The molecule has 4 aliphatic rings. The maximum Gasteiger partial charge on any atom is 0.313 e. The van der Waals surface area contributed by atoms with E-state index >= 15 is 0 Å². The Morgan fingerprint density at radius 3 is 1.32 bits per heavy atom. The third kappa shape index (κ3) is 15.3. The van der Waals surface area contributed by atoms with Crippen molar-refractivity contribution in [2.45, 2.75) is 181 Å². The number of carboxylic acids is 1. The fraction of sp³-hybridized carbons (Fsp3) is 0.654. The molecule has 4 aliphatic carbocycles.